The van der Waals surface area contributed by atoms with Crippen molar-refractivity contribution in [3.8, 4) is 44.5 Å². The van der Waals surface area contributed by atoms with Crippen molar-refractivity contribution in [3.63, 3.8) is 0 Å². The lowest BCUT2D eigenvalue weighted by Crippen LogP contribution is -2.26. The fraction of sp³-hybridized carbons (Fsp3) is 0.0714. The van der Waals surface area contributed by atoms with Gasteiger partial charge in [-0.25, -0.2) is 0 Å². The van der Waals surface area contributed by atoms with Crippen LogP contribution < -0.4 is 10.6 Å². The number of carbonyl (C=O) groups excluding carboxylic acids is 2. The first-order valence-corrected chi connectivity index (χ1v) is 21.9. The van der Waals surface area contributed by atoms with E-state index in [0.717, 1.165) is 88.2 Å². The highest BCUT2D eigenvalue weighted by Gasteiger charge is 2.20. The van der Waals surface area contributed by atoms with Gasteiger partial charge in [-0.2, -0.15) is 8.75 Å². The zero-order valence-corrected chi connectivity index (χ0v) is 35.6. The summed E-state index contributed by atoms with van der Waals surface area (Å²) in [6.07, 6.45) is 0. The van der Waals surface area contributed by atoms with Crippen molar-refractivity contribution >= 4 is 56.1 Å². The molecule has 10 rings (SSSR count). The Balaban J connectivity index is 0.991. The quantitative estimate of drug-likeness (QED) is 0.144. The number of benzene rings is 9. The molecule has 0 saturated heterocycles. The zero-order valence-electron chi connectivity index (χ0n) is 34.7. The van der Waals surface area contributed by atoms with Crippen molar-refractivity contribution in [3.05, 3.63) is 216 Å². The van der Waals surface area contributed by atoms with Crippen LogP contribution >= 0.6 is 11.7 Å². The number of nitrogens with zero attached hydrogens (tertiary/aromatic N) is 2. The van der Waals surface area contributed by atoms with Crippen LogP contribution in [0.3, 0.4) is 0 Å². The summed E-state index contributed by atoms with van der Waals surface area (Å²) >= 11 is 1.22. The fourth-order valence-corrected chi connectivity index (χ4v) is 9.30. The van der Waals surface area contributed by atoms with Crippen molar-refractivity contribution in [2.75, 3.05) is 0 Å². The maximum Gasteiger partial charge on any atom is 0.251 e. The number of aromatic nitrogens is 2. The van der Waals surface area contributed by atoms with E-state index in [2.05, 4.69) is 95.6 Å². The number of fused-ring (bicyclic) bond motifs is 3. The highest BCUT2D eigenvalue weighted by atomic mass is 32.1. The Kier molecular flexibility index (Phi) is 10.6. The molecule has 0 saturated carbocycles. The number of nitrogens with one attached hydrogen (secondary N) is 2. The summed E-state index contributed by atoms with van der Waals surface area (Å²) in [6, 6.07) is 65.4. The number of rotatable bonds is 10. The Morgan fingerprint density at radius 3 is 1.14 bits per heavy atom. The second-order valence-corrected chi connectivity index (χ2v) is 16.4. The summed E-state index contributed by atoms with van der Waals surface area (Å²) in [7, 11) is 0. The summed E-state index contributed by atoms with van der Waals surface area (Å²) in [5.74, 6) is -0.222. The standard InChI is InChI=1S/C56H42N4O2S/c1-35(37-13-5-3-6-14-37)57-55(61)43-29-25-39(26-30-43)45-21-9-17-41-19-11-23-47(51(41)45)49-33-34-50(54-53(49)59-63-60-54)48-24-12-20-42-18-10-22-46(52(42)48)40-27-31-44(32-28-40)56(62)58-36(2)38-15-7-4-8-16-38/h3-36H,1-2H3,(H,57,61)(H,58,62)/t35-,36-/m1/s1. The molecule has 0 bridgehead atoms. The predicted molar refractivity (Wildman–Crippen MR) is 259 cm³/mol. The maximum absolute atomic E-state index is 13.3. The molecule has 0 unspecified atom stereocenters. The van der Waals surface area contributed by atoms with Crippen LogP contribution in [0.1, 0.15) is 57.8 Å². The minimum atomic E-state index is -0.113. The van der Waals surface area contributed by atoms with Crippen LogP contribution in [-0.4, -0.2) is 20.6 Å². The van der Waals surface area contributed by atoms with Gasteiger partial charge in [-0.15, -0.1) is 0 Å². The molecule has 1 aromatic heterocycles. The molecule has 7 heteroatoms. The van der Waals surface area contributed by atoms with E-state index in [0.29, 0.717) is 11.1 Å². The van der Waals surface area contributed by atoms with Gasteiger partial charge in [-0.05, 0) is 104 Å². The van der Waals surface area contributed by atoms with Gasteiger partial charge in [0.05, 0.1) is 23.8 Å². The third kappa shape index (κ3) is 7.64. The van der Waals surface area contributed by atoms with E-state index >= 15 is 0 Å². The first-order chi connectivity index (χ1) is 30.9. The molecule has 2 atom stereocenters. The van der Waals surface area contributed by atoms with E-state index in [9.17, 15) is 9.59 Å². The van der Waals surface area contributed by atoms with E-state index in [-0.39, 0.29) is 23.9 Å². The van der Waals surface area contributed by atoms with E-state index < -0.39 is 0 Å². The maximum atomic E-state index is 13.3. The number of carbonyl (C=O) groups is 2. The minimum absolute atomic E-state index is 0.111. The highest BCUT2D eigenvalue weighted by Crippen LogP contribution is 2.43. The molecule has 2 N–H and O–H groups in total. The minimum Gasteiger partial charge on any atom is -0.346 e. The molecule has 0 aliphatic carbocycles. The van der Waals surface area contributed by atoms with Crippen LogP contribution in [0.2, 0.25) is 0 Å². The van der Waals surface area contributed by atoms with Gasteiger partial charge in [0, 0.05) is 22.3 Å². The fourth-order valence-electron chi connectivity index (χ4n) is 8.73. The van der Waals surface area contributed by atoms with Crippen molar-refractivity contribution in [1.82, 2.24) is 19.4 Å². The smallest absolute Gasteiger partial charge is 0.251 e. The van der Waals surface area contributed by atoms with E-state index in [4.69, 9.17) is 8.75 Å². The van der Waals surface area contributed by atoms with Crippen LogP contribution in [-0.2, 0) is 0 Å². The molecular weight excluding hydrogens is 793 g/mol. The van der Waals surface area contributed by atoms with Gasteiger partial charge in [-0.3, -0.25) is 9.59 Å². The largest absolute Gasteiger partial charge is 0.346 e. The first kappa shape index (κ1) is 39.4. The Hall–Kier alpha value is -7.74. The third-order valence-electron chi connectivity index (χ3n) is 12.0. The molecule has 63 heavy (non-hydrogen) atoms. The molecule has 304 valence electrons. The Bertz CT molecular complexity index is 3060. The second-order valence-electron chi connectivity index (χ2n) is 15.9. The lowest BCUT2D eigenvalue weighted by atomic mass is 9.88. The van der Waals surface area contributed by atoms with E-state index in [1.165, 1.54) is 11.7 Å². The van der Waals surface area contributed by atoms with Gasteiger partial charge >= 0.3 is 0 Å². The Morgan fingerprint density at radius 2 is 0.762 bits per heavy atom. The zero-order chi connectivity index (χ0) is 42.9. The van der Waals surface area contributed by atoms with Crippen LogP contribution in [0, 0.1) is 0 Å². The lowest BCUT2D eigenvalue weighted by molar-refractivity contribution is 0.0931. The highest BCUT2D eigenvalue weighted by molar-refractivity contribution is 7.00. The molecule has 9 aromatic carbocycles. The molecule has 0 spiro atoms. The van der Waals surface area contributed by atoms with Gasteiger partial charge in [0.25, 0.3) is 11.8 Å². The number of amides is 2. The molecule has 0 aliphatic heterocycles. The second kappa shape index (κ2) is 17.0. The average Bonchev–Trinajstić information content (AvgIpc) is 3.84. The SMILES string of the molecule is C[C@@H](NC(=O)c1ccc(-c2cccc3cccc(-c4ccc(-c5cccc6cccc(-c7ccc(C(=O)N[C@H](C)c8ccccc8)cc7)c56)c5nsnc45)c23)cc1)c1ccccc1. The van der Waals surface area contributed by atoms with Gasteiger partial charge < -0.3 is 10.6 Å². The van der Waals surface area contributed by atoms with Crippen LogP contribution in [0.15, 0.2) is 194 Å². The lowest BCUT2D eigenvalue weighted by Gasteiger charge is -2.16. The van der Waals surface area contributed by atoms with Gasteiger partial charge in [-0.1, -0.05) is 170 Å². The summed E-state index contributed by atoms with van der Waals surface area (Å²) in [5.41, 5.74) is 13.3. The number of hydrogen-bond acceptors (Lipinski definition) is 5. The van der Waals surface area contributed by atoms with E-state index in [1.807, 2.05) is 123 Å². The van der Waals surface area contributed by atoms with Crippen molar-refractivity contribution < 1.29 is 9.59 Å². The summed E-state index contributed by atoms with van der Waals surface area (Å²) in [6.45, 7) is 4.00. The Morgan fingerprint density at radius 1 is 0.397 bits per heavy atom. The molecular formula is C56H42N4O2S. The topological polar surface area (TPSA) is 84.0 Å². The molecule has 0 aliphatic rings. The predicted octanol–water partition coefficient (Wildman–Crippen LogP) is 13.6. The van der Waals surface area contributed by atoms with Crippen LogP contribution in [0.5, 0.6) is 0 Å². The molecule has 6 nitrogen and oxygen atoms in total. The Labute approximate surface area is 370 Å². The molecule has 2 amide bonds. The molecule has 0 radical (unpaired) electrons. The monoisotopic (exact) mass is 834 g/mol. The van der Waals surface area contributed by atoms with Crippen molar-refractivity contribution in [2.45, 2.75) is 25.9 Å². The summed E-state index contributed by atoms with van der Waals surface area (Å²) in [4.78, 5) is 26.6. The summed E-state index contributed by atoms with van der Waals surface area (Å²) in [5, 5.41) is 10.7. The van der Waals surface area contributed by atoms with Gasteiger partial charge in [0.2, 0.25) is 0 Å². The first-order valence-electron chi connectivity index (χ1n) is 21.1. The van der Waals surface area contributed by atoms with Gasteiger partial charge in [0.15, 0.2) is 0 Å². The van der Waals surface area contributed by atoms with Crippen molar-refractivity contribution in [2.24, 2.45) is 0 Å². The van der Waals surface area contributed by atoms with Crippen LogP contribution in [0.25, 0.3) is 77.1 Å². The van der Waals surface area contributed by atoms with Gasteiger partial charge in [0.1, 0.15) is 11.0 Å². The normalized spacial score (nSPS) is 12.3. The molecule has 1 heterocycles. The third-order valence-corrected chi connectivity index (χ3v) is 12.5. The van der Waals surface area contributed by atoms with Crippen LogP contribution in [0.4, 0.5) is 0 Å². The summed E-state index contributed by atoms with van der Waals surface area (Å²) < 4.78 is 9.88. The molecule has 0 fully saturated rings. The molecule has 10 aromatic rings. The average molecular weight is 835 g/mol. The van der Waals surface area contributed by atoms with E-state index in [1.54, 1.807) is 0 Å². The number of hydrogen-bond donors (Lipinski definition) is 2. The van der Waals surface area contributed by atoms with Crippen molar-refractivity contribution in [1.29, 1.82) is 0 Å².